The van der Waals surface area contributed by atoms with Gasteiger partial charge >= 0.3 is 0 Å². The molecule has 0 unspecified atom stereocenters. The van der Waals surface area contributed by atoms with Crippen LogP contribution in [0.3, 0.4) is 0 Å². The number of nitrogens with one attached hydrogen (secondary N) is 1. The molecule has 0 aliphatic carbocycles. The van der Waals surface area contributed by atoms with Gasteiger partial charge in [-0.2, -0.15) is 0 Å². The molecule has 1 aromatic rings. The van der Waals surface area contributed by atoms with Crippen molar-refractivity contribution in [1.82, 2.24) is 0 Å². The molecule has 12 heavy (non-hydrogen) atoms. The van der Waals surface area contributed by atoms with Crippen LogP contribution in [-0.4, -0.2) is 5.91 Å². The van der Waals surface area contributed by atoms with Gasteiger partial charge in [0.05, 0.1) is 12.1 Å². The molecule has 1 amide bonds. The summed E-state index contributed by atoms with van der Waals surface area (Å²) in [6.07, 6.45) is 0.220. The fraction of sp³-hybridized carbons (Fsp3) is 0.125. The first-order valence-corrected chi connectivity index (χ1v) is 3.54. The molecule has 1 heterocycles. The predicted octanol–water partition coefficient (Wildman–Crippen LogP) is 0.903. The van der Waals surface area contributed by atoms with Crippen molar-refractivity contribution in [1.29, 1.82) is 0 Å². The summed E-state index contributed by atoms with van der Waals surface area (Å²) in [6.45, 7) is 0. The van der Waals surface area contributed by atoms with Crippen LogP contribution in [0.25, 0.3) is 0 Å². The van der Waals surface area contributed by atoms with E-state index in [4.69, 9.17) is 5.73 Å². The average molecular weight is 166 g/mol. The van der Waals surface area contributed by atoms with Crippen LogP contribution < -0.4 is 11.1 Å². The Morgan fingerprint density at radius 3 is 3.00 bits per heavy atom. The molecule has 0 atom stereocenters. The van der Waals surface area contributed by atoms with E-state index >= 15 is 0 Å². The lowest BCUT2D eigenvalue weighted by Crippen LogP contribution is -2.04. The maximum atomic E-state index is 13.0. The van der Waals surface area contributed by atoms with Gasteiger partial charge in [-0.3, -0.25) is 4.79 Å². The van der Waals surface area contributed by atoms with E-state index < -0.39 is 5.82 Å². The van der Waals surface area contributed by atoms with E-state index in [1.54, 1.807) is 6.07 Å². The summed E-state index contributed by atoms with van der Waals surface area (Å²) in [5.74, 6) is -0.648. The highest BCUT2D eigenvalue weighted by Crippen LogP contribution is 2.28. The third-order valence-corrected chi connectivity index (χ3v) is 1.81. The normalized spacial score (nSPS) is 14.2. The Labute approximate surface area is 68.4 Å². The fourth-order valence-electron chi connectivity index (χ4n) is 1.32. The number of nitrogen functional groups attached to an aromatic ring is 1. The van der Waals surface area contributed by atoms with Gasteiger partial charge < -0.3 is 11.1 Å². The number of anilines is 2. The average Bonchev–Trinajstić information content (AvgIpc) is 2.29. The Morgan fingerprint density at radius 2 is 2.25 bits per heavy atom. The Kier molecular flexibility index (Phi) is 1.30. The molecule has 1 aliphatic heterocycles. The van der Waals surface area contributed by atoms with Gasteiger partial charge in [-0.15, -0.1) is 0 Å². The van der Waals surface area contributed by atoms with Gasteiger partial charge in [-0.1, -0.05) is 0 Å². The zero-order valence-electron chi connectivity index (χ0n) is 6.23. The molecule has 0 saturated carbocycles. The third-order valence-electron chi connectivity index (χ3n) is 1.81. The highest BCUT2D eigenvalue weighted by Gasteiger charge is 2.21. The molecule has 2 rings (SSSR count). The van der Waals surface area contributed by atoms with Gasteiger partial charge in [0.2, 0.25) is 5.91 Å². The number of benzene rings is 1. The van der Waals surface area contributed by atoms with Crippen LogP contribution in [0.2, 0.25) is 0 Å². The molecule has 0 radical (unpaired) electrons. The second-order valence-electron chi connectivity index (χ2n) is 2.76. The Morgan fingerprint density at radius 1 is 1.50 bits per heavy atom. The van der Waals surface area contributed by atoms with Crippen LogP contribution in [0.5, 0.6) is 0 Å². The molecule has 0 bridgehead atoms. The van der Waals surface area contributed by atoms with Crippen molar-refractivity contribution in [3.63, 3.8) is 0 Å². The summed E-state index contributed by atoms with van der Waals surface area (Å²) >= 11 is 0. The lowest BCUT2D eigenvalue weighted by Gasteiger charge is -2.00. The molecular formula is C8H7FN2O. The summed E-state index contributed by atoms with van der Waals surface area (Å²) in [5.41, 5.74) is 6.66. The SMILES string of the molecule is Nc1cc(F)c2c(c1)CC(=O)N2. The Bertz CT molecular complexity index is 362. The maximum absolute atomic E-state index is 13.0. The number of carbonyl (C=O) groups excluding carboxylic acids is 1. The molecule has 3 N–H and O–H groups in total. The largest absolute Gasteiger partial charge is 0.399 e. The van der Waals surface area contributed by atoms with Crippen molar-refractivity contribution in [2.75, 3.05) is 11.1 Å². The van der Waals surface area contributed by atoms with Crippen LogP contribution in [-0.2, 0) is 11.2 Å². The Balaban J connectivity index is 2.59. The van der Waals surface area contributed by atoms with Gasteiger partial charge in [-0.25, -0.2) is 4.39 Å². The van der Waals surface area contributed by atoms with Crippen LogP contribution in [0.15, 0.2) is 12.1 Å². The lowest BCUT2D eigenvalue weighted by molar-refractivity contribution is -0.115. The van der Waals surface area contributed by atoms with Gasteiger partial charge in [0, 0.05) is 5.69 Å². The van der Waals surface area contributed by atoms with Gasteiger partial charge in [0.25, 0.3) is 0 Å². The van der Waals surface area contributed by atoms with E-state index in [9.17, 15) is 9.18 Å². The topological polar surface area (TPSA) is 55.1 Å². The number of hydrogen-bond acceptors (Lipinski definition) is 2. The standard InChI is InChI=1S/C8H7FN2O/c9-6-3-5(10)1-4-2-7(12)11-8(4)6/h1,3H,2,10H2,(H,11,12). The third kappa shape index (κ3) is 0.922. The lowest BCUT2D eigenvalue weighted by atomic mass is 10.1. The molecule has 62 valence electrons. The van der Waals surface area contributed by atoms with Crippen molar-refractivity contribution < 1.29 is 9.18 Å². The van der Waals surface area contributed by atoms with E-state index in [1.165, 1.54) is 6.07 Å². The van der Waals surface area contributed by atoms with E-state index in [0.717, 1.165) is 0 Å². The summed E-state index contributed by atoms with van der Waals surface area (Å²) in [4.78, 5) is 10.8. The van der Waals surface area contributed by atoms with Crippen LogP contribution in [0.4, 0.5) is 15.8 Å². The minimum absolute atomic E-state index is 0.186. The van der Waals surface area contributed by atoms with Gasteiger partial charge in [0.1, 0.15) is 5.82 Å². The molecule has 0 fully saturated rings. The molecule has 1 aliphatic rings. The number of rotatable bonds is 0. The predicted molar refractivity (Wildman–Crippen MR) is 43.1 cm³/mol. The monoisotopic (exact) mass is 166 g/mol. The number of carbonyl (C=O) groups is 1. The quantitative estimate of drug-likeness (QED) is 0.562. The van der Waals surface area contributed by atoms with Crippen LogP contribution in [0, 0.1) is 5.82 Å². The molecule has 4 heteroatoms. The first kappa shape index (κ1) is 7.09. The first-order valence-electron chi connectivity index (χ1n) is 3.54. The van der Waals surface area contributed by atoms with Crippen molar-refractivity contribution in [3.8, 4) is 0 Å². The minimum Gasteiger partial charge on any atom is -0.399 e. The molecular weight excluding hydrogens is 159 g/mol. The van der Waals surface area contributed by atoms with E-state index in [2.05, 4.69) is 5.32 Å². The first-order chi connectivity index (χ1) is 5.66. The maximum Gasteiger partial charge on any atom is 0.228 e. The number of halogens is 1. The summed E-state index contributed by atoms with van der Waals surface area (Å²) in [5, 5.41) is 2.42. The second kappa shape index (κ2) is 2.20. The van der Waals surface area contributed by atoms with Gasteiger partial charge in [0.15, 0.2) is 0 Å². The van der Waals surface area contributed by atoms with Crippen LogP contribution >= 0.6 is 0 Å². The van der Waals surface area contributed by atoms with Gasteiger partial charge in [-0.05, 0) is 17.7 Å². The van der Waals surface area contributed by atoms with Crippen molar-refractivity contribution >= 4 is 17.3 Å². The summed E-state index contributed by atoms with van der Waals surface area (Å²) < 4.78 is 13.0. The smallest absolute Gasteiger partial charge is 0.228 e. The molecule has 0 saturated heterocycles. The summed E-state index contributed by atoms with van der Waals surface area (Å²) in [6, 6.07) is 2.81. The zero-order chi connectivity index (χ0) is 8.72. The van der Waals surface area contributed by atoms with Crippen LogP contribution in [0.1, 0.15) is 5.56 Å². The van der Waals surface area contributed by atoms with Crippen molar-refractivity contribution in [2.24, 2.45) is 0 Å². The molecule has 3 nitrogen and oxygen atoms in total. The van der Waals surface area contributed by atoms with E-state index in [-0.39, 0.29) is 18.0 Å². The fourth-order valence-corrected chi connectivity index (χ4v) is 1.32. The molecule has 0 spiro atoms. The second-order valence-corrected chi connectivity index (χ2v) is 2.76. The number of hydrogen-bond donors (Lipinski definition) is 2. The number of nitrogens with two attached hydrogens (primary N) is 1. The summed E-state index contributed by atoms with van der Waals surface area (Å²) in [7, 11) is 0. The molecule has 0 aromatic heterocycles. The van der Waals surface area contributed by atoms with Crippen molar-refractivity contribution in [2.45, 2.75) is 6.42 Å². The number of fused-ring (bicyclic) bond motifs is 1. The minimum atomic E-state index is -0.462. The molecule has 1 aromatic carbocycles. The van der Waals surface area contributed by atoms with Crippen molar-refractivity contribution in [3.05, 3.63) is 23.5 Å². The zero-order valence-corrected chi connectivity index (χ0v) is 6.23. The number of amides is 1. The van der Waals surface area contributed by atoms with E-state index in [1.807, 2.05) is 0 Å². The highest BCUT2D eigenvalue weighted by atomic mass is 19.1. The Hall–Kier alpha value is -1.58. The van der Waals surface area contributed by atoms with E-state index in [0.29, 0.717) is 11.3 Å². The highest BCUT2D eigenvalue weighted by molar-refractivity contribution is 5.99.